The van der Waals surface area contributed by atoms with Gasteiger partial charge in [0.05, 0.1) is 5.60 Å². The highest BCUT2D eigenvalue weighted by molar-refractivity contribution is 7.09. The van der Waals surface area contributed by atoms with E-state index >= 15 is 0 Å². The quantitative estimate of drug-likeness (QED) is 0.866. The Morgan fingerprint density at radius 3 is 2.75 bits per heavy atom. The van der Waals surface area contributed by atoms with E-state index in [1.54, 1.807) is 30.4 Å². The van der Waals surface area contributed by atoms with Gasteiger partial charge in [0.25, 0.3) is 0 Å². The lowest BCUT2D eigenvalue weighted by atomic mass is 9.92. The fourth-order valence-corrected chi connectivity index (χ4v) is 2.53. The molecule has 0 spiro atoms. The molecule has 1 aromatic carbocycles. The van der Waals surface area contributed by atoms with Gasteiger partial charge in [-0.2, -0.15) is 0 Å². The van der Waals surface area contributed by atoms with Crippen molar-refractivity contribution in [3.05, 3.63) is 58.0 Å². The van der Waals surface area contributed by atoms with Crippen LogP contribution in [0.2, 0.25) is 0 Å². The highest BCUT2D eigenvalue weighted by Crippen LogP contribution is 2.27. The van der Waals surface area contributed by atoms with E-state index in [1.807, 2.05) is 17.5 Å². The zero-order valence-corrected chi connectivity index (χ0v) is 9.80. The lowest BCUT2D eigenvalue weighted by Crippen LogP contribution is -2.23. The Labute approximate surface area is 98.2 Å². The second kappa shape index (κ2) is 4.36. The number of thiophene rings is 1. The van der Waals surface area contributed by atoms with Gasteiger partial charge in [-0.05, 0) is 36.1 Å². The molecule has 0 radical (unpaired) electrons. The second-order valence-electron chi connectivity index (χ2n) is 4.04. The number of halogens is 1. The minimum atomic E-state index is -1.02. The van der Waals surface area contributed by atoms with Crippen LogP contribution >= 0.6 is 11.3 Å². The van der Waals surface area contributed by atoms with Crippen LogP contribution in [-0.4, -0.2) is 5.11 Å². The molecule has 2 aromatic rings. The average molecular weight is 236 g/mol. The molecule has 16 heavy (non-hydrogen) atoms. The Hall–Kier alpha value is -1.19. The predicted octanol–water partition coefficient (Wildman–Crippen LogP) is 3.34. The van der Waals surface area contributed by atoms with E-state index in [0.717, 1.165) is 4.88 Å². The molecule has 0 aliphatic heterocycles. The van der Waals surface area contributed by atoms with E-state index in [1.165, 1.54) is 12.1 Å². The smallest absolute Gasteiger partial charge is 0.123 e. The minimum Gasteiger partial charge on any atom is -0.385 e. The predicted molar refractivity (Wildman–Crippen MR) is 64.0 cm³/mol. The number of hydrogen-bond donors (Lipinski definition) is 1. The number of aliphatic hydroxyl groups is 1. The van der Waals surface area contributed by atoms with E-state index in [4.69, 9.17) is 0 Å². The van der Waals surface area contributed by atoms with Gasteiger partial charge in [-0.25, -0.2) is 4.39 Å². The van der Waals surface area contributed by atoms with Crippen molar-refractivity contribution in [2.45, 2.75) is 18.9 Å². The lowest BCUT2D eigenvalue weighted by Gasteiger charge is -2.23. The van der Waals surface area contributed by atoms with E-state index in [9.17, 15) is 9.50 Å². The van der Waals surface area contributed by atoms with Crippen LogP contribution in [0.25, 0.3) is 0 Å². The molecule has 1 unspecified atom stereocenters. The average Bonchev–Trinajstić information content (AvgIpc) is 2.70. The fourth-order valence-electron chi connectivity index (χ4n) is 1.68. The number of rotatable bonds is 3. The first-order valence-corrected chi connectivity index (χ1v) is 5.97. The molecule has 0 aliphatic rings. The van der Waals surface area contributed by atoms with Gasteiger partial charge in [-0.15, -0.1) is 11.3 Å². The zero-order valence-electron chi connectivity index (χ0n) is 8.98. The molecule has 0 amide bonds. The summed E-state index contributed by atoms with van der Waals surface area (Å²) in [5, 5.41) is 12.3. The van der Waals surface area contributed by atoms with Crippen LogP contribution in [0.3, 0.4) is 0 Å². The normalized spacial score (nSPS) is 14.7. The molecular formula is C13H13FOS. The summed E-state index contributed by atoms with van der Waals surface area (Å²) < 4.78 is 13.1. The largest absolute Gasteiger partial charge is 0.385 e. The second-order valence-corrected chi connectivity index (χ2v) is 5.07. The molecule has 2 rings (SSSR count). The molecule has 3 heteroatoms. The topological polar surface area (TPSA) is 20.2 Å². The highest BCUT2D eigenvalue weighted by atomic mass is 32.1. The summed E-state index contributed by atoms with van der Waals surface area (Å²) in [6.45, 7) is 1.71. The summed E-state index contributed by atoms with van der Waals surface area (Å²) in [7, 11) is 0. The third-order valence-electron chi connectivity index (χ3n) is 2.55. The van der Waals surface area contributed by atoms with Crippen molar-refractivity contribution in [3.63, 3.8) is 0 Å². The van der Waals surface area contributed by atoms with Crippen LogP contribution in [0, 0.1) is 5.82 Å². The van der Waals surface area contributed by atoms with Gasteiger partial charge in [0.15, 0.2) is 0 Å². The summed E-state index contributed by atoms with van der Waals surface area (Å²) in [6, 6.07) is 10.0. The minimum absolute atomic E-state index is 0.316. The van der Waals surface area contributed by atoms with Crippen LogP contribution in [0.15, 0.2) is 41.8 Å². The summed E-state index contributed by atoms with van der Waals surface area (Å²) in [5.41, 5.74) is -0.409. The summed E-state index contributed by atoms with van der Waals surface area (Å²) >= 11 is 1.59. The van der Waals surface area contributed by atoms with Gasteiger partial charge in [-0.3, -0.25) is 0 Å². The maximum atomic E-state index is 13.1. The van der Waals surface area contributed by atoms with Crippen molar-refractivity contribution in [2.24, 2.45) is 0 Å². The Kier molecular flexibility index (Phi) is 3.08. The molecule has 1 nitrogen and oxygen atoms in total. The van der Waals surface area contributed by atoms with Gasteiger partial charge < -0.3 is 5.11 Å². The molecular weight excluding hydrogens is 223 g/mol. The number of benzene rings is 1. The van der Waals surface area contributed by atoms with Gasteiger partial charge in [0.1, 0.15) is 5.82 Å². The number of hydrogen-bond acceptors (Lipinski definition) is 2. The van der Waals surface area contributed by atoms with Crippen molar-refractivity contribution < 1.29 is 9.50 Å². The first-order chi connectivity index (χ1) is 7.58. The van der Waals surface area contributed by atoms with Crippen molar-refractivity contribution in [1.29, 1.82) is 0 Å². The Balaban J connectivity index is 2.24. The summed E-state index contributed by atoms with van der Waals surface area (Å²) in [6.07, 6.45) is 0.508. The Morgan fingerprint density at radius 2 is 2.12 bits per heavy atom. The van der Waals surface area contributed by atoms with Crippen molar-refractivity contribution in [3.8, 4) is 0 Å². The van der Waals surface area contributed by atoms with Crippen LogP contribution in [0.1, 0.15) is 17.4 Å². The Bertz CT molecular complexity index is 463. The fraction of sp³-hybridized carbons (Fsp3) is 0.231. The SMILES string of the molecule is CC(O)(Cc1cccs1)c1cccc(F)c1. The highest BCUT2D eigenvalue weighted by Gasteiger charge is 2.24. The molecule has 1 N–H and O–H groups in total. The van der Waals surface area contributed by atoms with Crippen molar-refractivity contribution in [1.82, 2.24) is 0 Å². The molecule has 1 aromatic heterocycles. The van der Waals surface area contributed by atoms with Gasteiger partial charge in [0.2, 0.25) is 0 Å². The van der Waals surface area contributed by atoms with Crippen molar-refractivity contribution in [2.75, 3.05) is 0 Å². The summed E-state index contributed by atoms with van der Waals surface area (Å²) in [4.78, 5) is 1.09. The van der Waals surface area contributed by atoms with Gasteiger partial charge >= 0.3 is 0 Å². The standard InChI is InChI=1S/C13H13FOS/c1-13(15,9-12-6-3-7-16-12)10-4-2-5-11(14)8-10/h2-8,15H,9H2,1H3. The zero-order chi connectivity index (χ0) is 11.6. The van der Waals surface area contributed by atoms with Crippen LogP contribution in [0.4, 0.5) is 4.39 Å². The maximum absolute atomic E-state index is 13.1. The maximum Gasteiger partial charge on any atom is 0.123 e. The van der Waals surface area contributed by atoms with Crippen LogP contribution < -0.4 is 0 Å². The van der Waals surface area contributed by atoms with Crippen molar-refractivity contribution >= 4 is 11.3 Å². The molecule has 1 heterocycles. The first kappa shape index (κ1) is 11.3. The third kappa shape index (κ3) is 2.49. The molecule has 1 atom stereocenters. The lowest BCUT2D eigenvalue weighted by molar-refractivity contribution is 0.0581. The van der Waals surface area contributed by atoms with E-state index in [0.29, 0.717) is 12.0 Å². The van der Waals surface area contributed by atoms with E-state index in [2.05, 4.69) is 0 Å². The molecule has 0 saturated heterocycles. The molecule has 0 fully saturated rings. The van der Waals surface area contributed by atoms with Crippen LogP contribution in [-0.2, 0) is 12.0 Å². The monoisotopic (exact) mass is 236 g/mol. The van der Waals surface area contributed by atoms with Crippen LogP contribution in [0.5, 0.6) is 0 Å². The summed E-state index contributed by atoms with van der Waals surface area (Å²) in [5.74, 6) is -0.316. The van der Waals surface area contributed by atoms with E-state index in [-0.39, 0.29) is 5.82 Å². The molecule has 84 valence electrons. The first-order valence-electron chi connectivity index (χ1n) is 5.09. The van der Waals surface area contributed by atoms with Gasteiger partial charge in [0, 0.05) is 11.3 Å². The third-order valence-corrected chi connectivity index (χ3v) is 3.42. The molecule has 0 aliphatic carbocycles. The van der Waals surface area contributed by atoms with E-state index < -0.39 is 5.60 Å². The molecule has 0 bridgehead atoms. The molecule has 0 saturated carbocycles. The Morgan fingerprint density at radius 1 is 1.31 bits per heavy atom. The van der Waals surface area contributed by atoms with Gasteiger partial charge in [-0.1, -0.05) is 18.2 Å².